The van der Waals surface area contributed by atoms with E-state index in [2.05, 4.69) is 66.4 Å². The van der Waals surface area contributed by atoms with E-state index in [0.29, 0.717) is 23.8 Å². The van der Waals surface area contributed by atoms with Gasteiger partial charge in [-0.2, -0.15) is 0 Å². The molecule has 0 aromatic heterocycles. The Morgan fingerprint density at radius 3 is 2.05 bits per heavy atom. The highest BCUT2D eigenvalue weighted by atomic mass is 16.2. The Hall–Kier alpha value is -0.790. The van der Waals surface area contributed by atoms with Gasteiger partial charge in [0.25, 0.3) is 0 Å². The second-order valence-electron chi connectivity index (χ2n) is 7.40. The predicted molar refractivity (Wildman–Crippen MR) is 97.9 cm³/mol. The van der Waals surface area contributed by atoms with Crippen LogP contribution in [0.15, 0.2) is 11.6 Å². The summed E-state index contributed by atoms with van der Waals surface area (Å²) in [6.07, 6.45) is 6.77. The Bertz CT molecular complexity index is 342. The minimum absolute atomic E-state index is 0.140. The summed E-state index contributed by atoms with van der Waals surface area (Å²) in [5.74, 6) is 1.72. The maximum absolute atomic E-state index is 12.6. The summed E-state index contributed by atoms with van der Waals surface area (Å²) in [7, 11) is 0. The van der Waals surface area contributed by atoms with E-state index in [1.54, 1.807) is 0 Å². The molecule has 0 spiro atoms. The number of nitrogens with zero attached hydrogens (tertiary/aromatic N) is 1. The molecule has 0 saturated carbocycles. The molecule has 22 heavy (non-hydrogen) atoms. The Morgan fingerprint density at radius 2 is 1.64 bits per heavy atom. The number of hydrogen-bond donors (Lipinski definition) is 0. The molecular weight excluding hydrogens is 270 g/mol. The van der Waals surface area contributed by atoms with Crippen molar-refractivity contribution < 1.29 is 4.79 Å². The second-order valence-corrected chi connectivity index (χ2v) is 7.40. The van der Waals surface area contributed by atoms with Gasteiger partial charge >= 0.3 is 0 Å². The van der Waals surface area contributed by atoms with Gasteiger partial charge in [-0.3, -0.25) is 4.79 Å². The van der Waals surface area contributed by atoms with E-state index in [1.807, 2.05) is 0 Å². The fourth-order valence-corrected chi connectivity index (χ4v) is 2.85. The van der Waals surface area contributed by atoms with Gasteiger partial charge in [-0.1, -0.05) is 45.8 Å². The molecule has 0 heterocycles. The second kappa shape index (κ2) is 10.9. The lowest BCUT2D eigenvalue weighted by atomic mass is 9.86. The molecule has 130 valence electrons. The maximum Gasteiger partial charge on any atom is 0.225 e. The summed E-state index contributed by atoms with van der Waals surface area (Å²) < 4.78 is 0. The van der Waals surface area contributed by atoms with Crippen LogP contribution in [0.1, 0.15) is 81.1 Å². The number of allylic oxidation sites excluding steroid dienone is 2. The molecule has 0 aromatic carbocycles. The lowest BCUT2D eigenvalue weighted by Gasteiger charge is -2.34. The van der Waals surface area contributed by atoms with Crippen molar-refractivity contribution in [3.63, 3.8) is 0 Å². The lowest BCUT2D eigenvalue weighted by Crippen LogP contribution is -2.44. The van der Waals surface area contributed by atoms with Gasteiger partial charge in [0, 0.05) is 18.5 Å². The van der Waals surface area contributed by atoms with Gasteiger partial charge in [-0.05, 0) is 58.8 Å². The van der Waals surface area contributed by atoms with Gasteiger partial charge < -0.3 is 4.90 Å². The van der Waals surface area contributed by atoms with Crippen LogP contribution in [0.25, 0.3) is 0 Å². The molecule has 3 atom stereocenters. The third-order valence-electron chi connectivity index (χ3n) is 4.88. The standard InChI is InChI=1S/C20H39NO/c1-9-17(7)20(22)21(16(5)6)14-19(10-2)18(8)13-11-12-15(3)4/h12,16-19H,9-11,13-14H2,1-8H3. The Morgan fingerprint density at radius 1 is 1.05 bits per heavy atom. The molecule has 0 N–H and O–H groups in total. The zero-order valence-corrected chi connectivity index (χ0v) is 16.3. The topological polar surface area (TPSA) is 20.3 Å². The van der Waals surface area contributed by atoms with E-state index in [1.165, 1.54) is 12.0 Å². The van der Waals surface area contributed by atoms with Gasteiger partial charge in [0.2, 0.25) is 5.91 Å². The van der Waals surface area contributed by atoms with Gasteiger partial charge in [0.15, 0.2) is 0 Å². The van der Waals surface area contributed by atoms with Crippen molar-refractivity contribution in [3.05, 3.63) is 11.6 Å². The Kier molecular flexibility index (Phi) is 10.5. The summed E-state index contributed by atoms with van der Waals surface area (Å²) >= 11 is 0. The van der Waals surface area contributed by atoms with E-state index in [0.717, 1.165) is 25.8 Å². The van der Waals surface area contributed by atoms with Crippen molar-refractivity contribution in [1.82, 2.24) is 4.90 Å². The smallest absolute Gasteiger partial charge is 0.225 e. The van der Waals surface area contributed by atoms with Crippen molar-refractivity contribution in [2.24, 2.45) is 17.8 Å². The van der Waals surface area contributed by atoms with Crippen LogP contribution < -0.4 is 0 Å². The first-order valence-corrected chi connectivity index (χ1v) is 9.18. The first-order valence-electron chi connectivity index (χ1n) is 9.18. The average molecular weight is 310 g/mol. The molecule has 1 amide bonds. The van der Waals surface area contributed by atoms with Crippen molar-refractivity contribution in [2.75, 3.05) is 6.54 Å². The molecule has 2 nitrogen and oxygen atoms in total. The van der Waals surface area contributed by atoms with Crippen molar-refractivity contribution in [1.29, 1.82) is 0 Å². The quantitative estimate of drug-likeness (QED) is 0.475. The van der Waals surface area contributed by atoms with E-state index < -0.39 is 0 Å². The van der Waals surface area contributed by atoms with Crippen LogP contribution in [0.2, 0.25) is 0 Å². The molecule has 0 fully saturated rings. The molecular formula is C20H39NO. The Labute approximate surface area is 139 Å². The highest BCUT2D eigenvalue weighted by Crippen LogP contribution is 2.24. The minimum atomic E-state index is 0.140. The van der Waals surface area contributed by atoms with Gasteiger partial charge in [0.05, 0.1) is 0 Å². The van der Waals surface area contributed by atoms with Crippen LogP contribution in [0.5, 0.6) is 0 Å². The Balaban J connectivity index is 4.77. The number of carbonyl (C=O) groups is 1. The SMILES string of the molecule is CCC(C)C(=O)N(CC(CC)C(C)CCC=C(C)C)C(C)C. The molecule has 0 aliphatic heterocycles. The van der Waals surface area contributed by atoms with Crippen LogP contribution >= 0.6 is 0 Å². The molecule has 0 saturated heterocycles. The van der Waals surface area contributed by atoms with Crippen molar-refractivity contribution >= 4 is 5.91 Å². The summed E-state index contributed by atoms with van der Waals surface area (Å²) in [6.45, 7) is 18.3. The van der Waals surface area contributed by atoms with E-state index in [9.17, 15) is 4.79 Å². The number of amides is 1. The highest BCUT2D eigenvalue weighted by molar-refractivity contribution is 5.78. The fourth-order valence-electron chi connectivity index (χ4n) is 2.85. The molecule has 0 aromatic rings. The molecule has 0 bridgehead atoms. The first kappa shape index (κ1) is 21.2. The van der Waals surface area contributed by atoms with Gasteiger partial charge in [0.1, 0.15) is 0 Å². The van der Waals surface area contributed by atoms with Crippen LogP contribution in [0.3, 0.4) is 0 Å². The number of hydrogen-bond acceptors (Lipinski definition) is 1. The molecule has 0 rings (SSSR count). The average Bonchev–Trinajstić information content (AvgIpc) is 2.45. The van der Waals surface area contributed by atoms with Gasteiger partial charge in [-0.25, -0.2) is 0 Å². The fraction of sp³-hybridized carbons (Fsp3) is 0.850. The van der Waals surface area contributed by atoms with Crippen LogP contribution in [-0.4, -0.2) is 23.4 Å². The number of carbonyl (C=O) groups excluding carboxylic acids is 1. The summed E-state index contributed by atoms with van der Waals surface area (Å²) in [6, 6.07) is 0.292. The third kappa shape index (κ3) is 7.47. The molecule has 0 aliphatic rings. The highest BCUT2D eigenvalue weighted by Gasteiger charge is 2.26. The predicted octanol–water partition coefficient (Wildman–Crippen LogP) is 5.68. The van der Waals surface area contributed by atoms with Crippen LogP contribution in [0.4, 0.5) is 0 Å². The van der Waals surface area contributed by atoms with Crippen LogP contribution in [-0.2, 0) is 4.79 Å². The van der Waals surface area contributed by atoms with Crippen molar-refractivity contribution in [3.8, 4) is 0 Å². The summed E-state index contributed by atoms with van der Waals surface area (Å²) in [5, 5.41) is 0. The molecule has 0 aliphatic carbocycles. The van der Waals surface area contributed by atoms with E-state index in [-0.39, 0.29) is 5.92 Å². The van der Waals surface area contributed by atoms with Gasteiger partial charge in [-0.15, -0.1) is 0 Å². The zero-order valence-electron chi connectivity index (χ0n) is 16.3. The maximum atomic E-state index is 12.6. The normalized spacial score (nSPS) is 15.3. The lowest BCUT2D eigenvalue weighted by molar-refractivity contribution is -0.137. The number of rotatable bonds is 10. The third-order valence-corrected chi connectivity index (χ3v) is 4.88. The molecule has 2 heteroatoms. The van der Waals surface area contributed by atoms with E-state index >= 15 is 0 Å². The first-order chi connectivity index (χ1) is 10.2. The summed E-state index contributed by atoms with van der Waals surface area (Å²) in [5.41, 5.74) is 1.40. The van der Waals surface area contributed by atoms with E-state index in [4.69, 9.17) is 0 Å². The molecule has 3 unspecified atom stereocenters. The monoisotopic (exact) mass is 309 g/mol. The largest absolute Gasteiger partial charge is 0.340 e. The minimum Gasteiger partial charge on any atom is -0.340 e. The van der Waals surface area contributed by atoms with Crippen LogP contribution in [0, 0.1) is 17.8 Å². The molecule has 0 radical (unpaired) electrons. The summed E-state index contributed by atoms with van der Waals surface area (Å²) in [4.78, 5) is 14.7. The zero-order chi connectivity index (χ0) is 17.3. The van der Waals surface area contributed by atoms with Crippen molar-refractivity contribution in [2.45, 2.75) is 87.1 Å².